The van der Waals surface area contributed by atoms with E-state index in [4.69, 9.17) is 10.4 Å². The highest BCUT2D eigenvalue weighted by molar-refractivity contribution is 5.74. The van der Waals surface area contributed by atoms with Crippen LogP contribution in [0.4, 0.5) is 4.79 Å². The first-order valence-corrected chi connectivity index (χ1v) is 6.58. The molecule has 0 fully saturated rings. The Hall–Kier alpha value is -1.77. The molecule has 2 N–H and O–H groups in total. The molecule has 0 radical (unpaired) electrons. The highest BCUT2D eigenvalue weighted by Gasteiger charge is 2.14. The Morgan fingerprint density at radius 2 is 1.95 bits per heavy atom. The summed E-state index contributed by atoms with van der Waals surface area (Å²) in [6, 6.07) is 1.76. The molecule has 0 spiro atoms. The number of carbonyl (C=O) groups excluding carboxylic acids is 1. The third-order valence-corrected chi connectivity index (χ3v) is 2.96. The van der Waals surface area contributed by atoms with Crippen molar-refractivity contribution in [3.05, 3.63) is 0 Å². The van der Waals surface area contributed by atoms with E-state index in [2.05, 4.69) is 5.32 Å². The van der Waals surface area contributed by atoms with Crippen LogP contribution in [0.2, 0.25) is 0 Å². The lowest BCUT2D eigenvalue weighted by Crippen LogP contribution is -2.42. The van der Waals surface area contributed by atoms with Crippen molar-refractivity contribution in [2.75, 3.05) is 13.6 Å². The first-order chi connectivity index (χ1) is 8.99. The van der Waals surface area contributed by atoms with Crippen molar-refractivity contribution >= 4 is 12.0 Å². The fourth-order valence-corrected chi connectivity index (χ4v) is 1.54. The fraction of sp³-hybridized carbons (Fsp3) is 0.769. The van der Waals surface area contributed by atoms with Crippen molar-refractivity contribution in [3.63, 3.8) is 0 Å². The van der Waals surface area contributed by atoms with Crippen LogP contribution in [0.1, 0.15) is 45.4 Å². The molecule has 1 atom stereocenters. The van der Waals surface area contributed by atoms with E-state index in [9.17, 15) is 9.59 Å². The van der Waals surface area contributed by atoms with E-state index in [1.807, 2.05) is 13.0 Å². The molecule has 6 heteroatoms. The monoisotopic (exact) mass is 269 g/mol. The van der Waals surface area contributed by atoms with Crippen LogP contribution in [-0.4, -0.2) is 41.6 Å². The predicted octanol–water partition coefficient (Wildman–Crippen LogP) is 1.97. The maximum atomic E-state index is 11.7. The number of carbonyl (C=O) groups is 2. The van der Waals surface area contributed by atoms with Crippen LogP contribution in [0.15, 0.2) is 0 Å². The highest BCUT2D eigenvalue weighted by Crippen LogP contribution is 2.03. The number of rotatable bonds is 9. The maximum absolute atomic E-state index is 11.7. The third-order valence-electron chi connectivity index (χ3n) is 2.96. The molecular weight excluding hydrogens is 246 g/mol. The van der Waals surface area contributed by atoms with Crippen molar-refractivity contribution in [2.24, 2.45) is 0 Å². The summed E-state index contributed by atoms with van der Waals surface area (Å²) in [5.74, 6) is -0.763. The lowest BCUT2D eigenvalue weighted by atomic mass is 10.1. The van der Waals surface area contributed by atoms with Gasteiger partial charge in [-0.05, 0) is 19.8 Å². The average Bonchev–Trinajstić information content (AvgIpc) is 2.36. The zero-order chi connectivity index (χ0) is 14.7. The average molecular weight is 269 g/mol. The molecule has 0 aliphatic rings. The zero-order valence-electron chi connectivity index (χ0n) is 11.7. The van der Waals surface area contributed by atoms with Gasteiger partial charge in [-0.1, -0.05) is 12.8 Å². The Morgan fingerprint density at radius 3 is 2.53 bits per heavy atom. The zero-order valence-corrected chi connectivity index (χ0v) is 11.7. The van der Waals surface area contributed by atoms with Gasteiger partial charge in [0.15, 0.2) is 0 Å². The second-order valence-electron chi connectivity index (χ2n) is 4.61. The van der Waals surface area contributed by atoms with Gasteiger partial charge in [-0.25, -0.2) is 4.79 Å². The normalized spacial score (nSPS) is 11.4. The summed E-state index contributed by atoms with van der Waals surface area (Å²) in [4.78, 5) is 23.5. The molecule has 0 saturated heterocycles. The molecule has 0 bridgehead atoms. The molecule has 0 aromatic heterocycles. The molecule has 0 aliphatic carbocycles. The molecule has 6 nitrogen and oxygen atoms in total. The smallest absolute Gasteiger partial charge is 0.317 e. The number of aliphatic carboxylic acids is 1. The molecule has 19 heavy (non-hydrogen) atoms. The maximum Gasteiger partial charge on any atom is 0.317 e. The lowest BCUT2D eigenvalue weighted by Gasteiger charge is -2.23. The van der Waals surface area contributed by atoms with Crippen molar-refractivity contribution < 1.29 is 14.7 Å². The summed E-state index contributed by atoms with van der Waals surface area (Å²) in [6.45, 7) is 2.41. The number of nitriles is 1. The number of amides is 2. The van der Waals surface area contributed by atoms with Crippen LogP contribution < -0.4 is 5.32 Å². The van der Waals surface area contributed by atoms with Crippen LogP contribution in [-0.2, 0) is 4.79 Å². The highest BCUT2D eigenvalue weighted by atomic mass is 16.4. The Kier molecular flexibility index (Phi) is 9.23. The molecule has 0 heterocycles. The van der Waals surface area contributed by atoms with Crippen LogP contribution >= 0.6 is 0 Å². The number of hydrogen-bond donors (Lipinski definition) is 2. The molecule has 0 aromatic carbocycles. The molecular formula is C13H23N3O3. The van der Waals surface area contributed by atoms with Crippen molar-refractivity contribution in [2.45, 2.75) is 51.5 Å². The number of carboxylic acids is 1. The minimum Gasteiger partial charge on any atom is -0.481 e. The van der Waals surface area contributed by atoms with E-state index in [1.165, 1.54) is 4.90 Å². The lowest BCUT2D eigenvalue weighted by molar-refractivity contribution is -0.137. The quantitative estimate of drug-likeness (QED) is 0.626. The van der Waals surface area contributed by atoms with Crippen LogP contribution in [0.25, 0.3) is 0 Å². The number of carboxylic acid groups (broad SMARTS) is 1. The van der Waals surface area contributed by atoms with Gasteiger partial charge in [0, 0.05) is 26.1 Å². The first-order valence-electron chi connectivity index (χ1n) is 6.58. The SMILES string of the molecule is CC(CC#N)N(C)C(=O)NCCCCCCC(=O)O. The van der Waals surface area contributed by atoms with E-state index in [1.54, 1.807) is 7.05 Å². The van der Waals surface area contributed by atoms with Gasteiger partial charge in [-0.3, -0.25) is 4.79 Å². The van der Waals surface area contributed by atoms with Crippen molar-refractivity contribution in [3.8, 4) is 6.07 Å². The Labute approximate surface area is 114 Å². The largest absolute Gasteiger partial charge is 0.481 e. The number of urea groups is 1. The topological polar surface area (TPSA) is 93.4 Å². The number of nitrogens with zero attached hydrogens (tertiary/aromatic N) is 2. The van der Waals surface area contributed by atoms with Gasteiger partial charge in [0.05, 0.1) is 12.5 Å². The van der Waals surface area contributed by atoms with E-state index >= 15 is 0 Å². The minimum atomic E-state index is -0.763. The Morgan fingerprint density at radius 1 is 1.32 bits per heavy atom. The van der Waals surface area contributed by atoms with Crippen molar-refractivity contribution in [1.82, 2.24) is 10.2 Å². The number of nitrogens with one attached hydrogen (secondary N) is 1. The third kappa shape index (κ3) is 8.89. The van der Waals surface area contributed by atoms with Crippen LogP contribution in [0.3, 0.4) is 0 Å². The van der Waals surface area contributed by atoms with E-state index in [0.29, 0.717) is 19.4 Å². The van der Waals surface area contributed by atoms with Gasteiger partial charge < -0.3 is 15.3 Å². The molecule has 1 unspecified atom stereocenters. The summed E-state index contributed by atoms with van der Waals surface area (Å²) >= 11 is 0. The van der Waals surface area contributed by atoms with Gasteiger partial charge in [0.25, 0.3) is 0 Å². The summed E-state index contributed by atoms with van der Waals surface area (Å²) in [5.41, 5.74) is 0. The minimum absolute atomic E-state index is 0.0967. The van der Waals surface area contributed by atoms with Gasteiger partial charge in [0.1, 0.15) is 0 Å². The predicted molar refractivity (Wildman–Crippen MR) is 71.6 cm³/mol. The Bertz CT molecular complexity index is 326. The van der Waals surface area contributed by atoms with Crippen LogP contribution in [0, 0.1) is 11.3 Å². The van der Waals surface area contributed by atoms with E-state index in [0.717, 1.165) is 19.3 Å². The second kappa shape index (κ2) is 10.2. The number of unbranched alkanes of at least 4 members (excludes halogenated alkanes) is 3. The standard InChI is InChI=1S/C13H23N3O3/c1-11(8-9-14)16(2)13(19)15-10-6-4-3-5-7-12(17)18/h11H,3-8,10H2,1-2H3,(H,15,19)(H,17,18). The summed E-state index contributed by atoms with van der Waals surface area (Å²) in [7, 11) is 1.67. The first kappa shape index (κ1) is 17.2. The summed E-state index contributed by atoms with van der Waals surface area (Å²) in [5, 5.41) is 19.8. The van der Waals surface area contributed by atoms with Gasteiger partial charge in [-0.2, -0.15) is 5.26 Å². The Balaban J connectivity index is 3.58. The van der Waals surface area contributed by atoms with Gasteiger partial charge >= 0.3 is 12.0 Å². The van der Waals surface area contributed by atoms with Crippen LogP contribution in [0.5, 0.6) is 0 Å². The van der Waals surface area contributed by atoms with E-state index in [-0.39, 0.29) is 18.5 Å². The van der Waals surface area contributed by atoms with Gasteiger partial charge in [-0.15, -0.1) is 0 Å². The second-order valence-corrected chi connectivity index (χ2v) is 4.61. The molecule has 0 saturated carbocycles. The molecule has 108 valence electrons. The number of hydrogen-bond acceptors (Lipinski definition) is 3. The van der Waals surface area contributed by atoms with Gasteiger partial charge in [0.2, 0.25) is 0 Å². The summed E-state index contributed by atoms with van der Waals surface area (Å²) < 4.78 is 0. The molecule has 0 rings (SSSR count). The summed E-state index contributed by atoms with van der Waals surface area (Å²) in [6.07, 6.45) is 3.82. The molecule has 2 amide bonds. The van der Waals surface area contributed by atoms with E-state index < -0.39 is 5.97 Å². The molecule has 0 aliphatic heterocycles. The molecule has 0 aromatic rings. The fourth-order valence-electron chi connectivity index (χ4n) is 1.54. The van der Waals surface area contributed by atoms with Crippen molar-refractivity contribution in [1.29, 1.82) is 5.26 Å².